The summed E-state index contributed by atoms with van der Waals surface area (Å²) >= 11 is 0. The van der Waals surface area contributed by atoms with Crippen molar-refractivity contribution in [2.75, 3.05) is 12.4 Å². The zero-order chi connectivity index (χ0) is 13.0. The third-order valence-corrected chi connectivity index (χ3v) is 2.12. The predicted molar refractivity (Wildman–Crippen MR) is 61.9 cm³/mol. The smallest absolute Gasteiger partial charge is 0.358 e. The van der Waals surface area contributed by atoms with E-state index in [9.17, 15) is 4.79 Å². The number of hydrogen-bond donors (Lipinski definition) is 1. The molecule has 2 aromatic rings. The third-order valence-electron chi connectivity index (χ3n) is 2.12. The molecule has 0 atom stereocenters. The van der Waals surface area contributed by atoms with Crippen molar-refractivity contribution in [1.82, 2.24) is 15.0 Å². The number of carbonyl (C=O) groups excluding carboxylic acids is 1. The second kappa shape index (κ2) is 5.26. The van der Waals surface area contributed by atoms with Crippen LogP contribution in [0, 0.1) is 6.92 Å². The lowest BCUT2D eigenvalue weighted by Crippen LogP contribution is -2.08. The lowest BCUT2D eigenvalue weighted by Gasteiger charge is -2.03. The number of nitrogens with zero attached hydrogens (tertiary/aromatic N) is 3. The number of oxazole rings is 1. The van der Waals surface area contributed by atoms with Gasteiger partial charge in [0.15, 0.2) is 5.69 Å². The number of nitrogens with one attached hydrogen (secondary N) is 1. The van der Waals surface area contributed by atoms with Gasteiger partial charge in [-0.3, -0.25) is 4.98 Å². The van der Waals surface area contributed by atoms with Gasteiger partial charge in [-0.1, -0.05) is 0 Å². The van der Waals surface area contributed by atoms with Crippen molar-refractivity contribution in [3.8, 4) is 0 Å². The molecule has 0 aliphatic heterocycles. The summed E-state index contributed by atoms with van der Waals surface area (Å²) < 4.78 is 9.85. The Balaban J connectivity index is 2.03. The number of hydrogen-bond acceptors (Lipinski definition) is 7. The fraction of sp³-hybridized carbons (Fsp3) is 0.273. The molecule has 0 unspecified atom stereocenters. The topological polar surface area (TPSA) is 90.1 Å². The standard InChI is InChI=1S/C11H12N4O3/c1-7-3-14-10(18-7)6-13-9-5-12-4-8(15-9)11(16)17-2/h3-5H,6H2,1-2H3,(H,13,15). The highest BCUT2D eigenvalue weighted by Gasteiger charge is 2.08. The highest BCUT2D eigenvalue weighted by atomic mass is 16.5. The van der Waals surface area contributed by atoms with Crippen LogP contribution in [0.1, 0.15) is 22.1 Å². The van der Waals surface area contributed by atoms with E-state index in [0.29, 0.717) is 18.3 Å². The minimum atomic E-state index is -0.530. The quantitative estimate of drug-likeness (QED) is 0.812. The van der Waals surface area contributed by atoms with E-state index >= 15 is 0 Å². The molecule has 0 aromatic carbocycles. The Bertz CT molecular complexity index is 553. The van der Waals surface area contributed by atoms with Crippen molar-refractivity contribution in [2.45, 2.75) is 13.5 Å². The molecule has 0 bridgehead atoms. The summed E-state index contributed by atoms with van der Waals surface area (Å²) in [7, 11) is 1.29. The Morgan fingerprint density at radius 2 is 2.28 bits per heavy atom. The number of aromatic nitrogens is 3. The second-order valence-corrected chi connectivity index (χ2v) is 3.50. The largest absolute Gasteiger partial charge is 0.464 e. The van der Waals surface area contributed by atoms with Crippen molar-refractivity contribution in [2.24, 2.45) is 0 Å². The van der Waals surface area contributed by atoms with E-state index in [1.165, 1.54) is 19.5 Å². The molecule has 94 valence electrons. The lowest BCUT2D eigenvalue weighted by molar-refractivity contribution is 0.0593. The normalized spacial score (nSPS) is 10.1. The number of aryl methyl sites for hydroxylation is 1. The fourth-order valence-corrected chi connectivity index (χ4v) is 1.30. The molecule has 0 spiro atoms. The first-order valence-electron chi connectivity index (χ1n) is 5.24. The Morgan fingerprint density at radius 1 is 1.44 bits per heavy atom. The molecule has 0 fully saturated rings. The molecule has 0 radical (unpaired) electrons. The molecular weight excluding hydrogens is 236 g/mol. The summed E-state index contributed by atoms with van der Waals surface area (Å²) in [6.07, 6.45) is 4.47. The fourth-order valence-electron chi connectivity index (χ4n) is 1.30. The van der Waals surface area contributed by atoms with Gasteiger partial charge in [-0.2, -0.15) is 0 Å². The molecule has 7 nitrogen and oxygen atoms in total. The van der Waals surface area contributed by atoms with Gasteiger partial charge < -0.3 is 14.5 Å². The molecule has 0 saturated heterocycles. The van der Waals surface area contributed by atoms with Crippen LogP contribution >= 0.6 is 0 Å². The summed E-state index contributed by atoms with van der Waals surface area (Å²) in [4.78, 5) is 23.2. The number of esters is 1. The molecule has 7 heteroatoms. The van der Waals surface area contributed by atoms with Gasteiger partial charge >= 0.3 is 5.97 Å². The van der Waals surface area contributed by atoms with E-state index in [-0.39, 0.29) is 5.69 Å². The maximum Gasteiger partial charge on any atom is 0.358 e. The van der Waals surface area contributed by atoms with Gasteiger partial charge in [0.2, 0.25) is 5.89 Å². The van der Waals surface area contributed by atoms with Gasteiger partial charge in [-0.15, -0.1) is 0 Å². The molecule has 0 aliphatic rings. The summed E-state index contributed by atoms with van der Waals surface area (Å²) in [5.41, 5.74) is 0.145. The zero-order valence-corrected chi connectivity index (χ0v) is 10.0. The number of anilines is 1. The van der Waals surface area contributed by atoms with Crippen molar-refractivity contribution < 1.29 is 13.9 Å². The van der Waals surface area contributed by atoms with Crippen LogP contribution in [-0.2, 0) is 11.3 Å². The van der Waals surface area contributed by atoms with Crippen molar-refractivity contribution in [3.63, 3.8) is 0 Å². The first-order chi connectivity index (χ1) is 8.69. The van der Waals surface area contributed by atoms with E-state index in [1.54, 1.807) is 6.20 Å². The van der Waals surface area contributed by atoms with Crippen LogP contribution in [0.3, 0.4) is 0 Å². The van der Waals surface area contributed by atoms with Gasteiger partial charge in [-0.05, 0) is 6.92 Å². The molecule has 0 amide bonds. The SMILES string of the molecule is COC(=O)c1cncc(NCc2ncc(C)o2)n1. The molecule has 2 rings (SSSR count). The van der Waals surface area contributed by atoms with Crippen LogP contribution < -0.4 is 5.32 Å². The number of carbonyl (C=O) groups is 1. The number of methoxy groups -OCH3 is 1. The Hall–Kier alpha value is -2.44. The zero-order valence-electron chi connectivity index (χ0n) is 10.0. The van der Waals surface area contributed by atoms with Crippen LogP contribution in [-0.4, -0.2) is 28.0 Å². The average molecular weight is 248 g/mol. The van der Waals surface area contributed by atoms with Crippen molar-refractivity contribution in [1.29, 1.82) is 0 Å². The maximum atomic E-state index is 11.3. The molecular formula is C11H12N4O3. The van der Waals surface area contributed by atoms with Gasteiger partial charge in [0.05, 0.1) is 32.2 Å². The molecule has 2 aromatic heterocycles. The summed E-state index contributed by atoms with van der Waals surface area (Å²) in [5.74, 6) is 1.20. The van der Waals surface area contributed by atoms with Crippen LogP contribution in [0.25, 0.3) is 0 Å². The van der Waals surface area contributed by atoms with Crippen LogP contribution in [0.15, 0.2) is 23.0 Å². The number of ether oxygens (including phenoxy) is 1. The van der Waals surface area contributed by atoms with E-state index in [0.717, 1.165) is 5.76 Å². The third kappa shape index (κ3) is 2.82. The maximum absolute atomic E-state index is 11.3. The second-order valence-electron chi connectivity index (χ2n) is 3.50. The first kappa shape index (κ1) is 12.0. The van der Waals surface area contributed by atoms with Crippen LogP contribution in [0.5, 0.6) is 0 Å². The van der Waals surface area contributed by atoms with Gasteiger partial charge in [-0.25, -0.2) is 14.8 Å². The molecule has 18 heavy (non-hydrogen) atoms. The van der Waals surface area contributed by atoms with Gasteiger partial charge in [0, 0.05) is 0 Å². The summed E-state index contributed by atoms with van der Waals surface area (Å²) in [5, 5.41) is 2.96. The monoisotopic (exact) mass is 248 g/mol. The minimum absolute atomic E-state index is 0.145. The van der Waals surface area contributed by atoms with Gasteiger partial charge in [0.1, 0.15) is 11.6 Å². The molecule has 2 heterocycles. The van der Waals surface area contributed by atoms with Crippen LogP contribution in [0.2, 0.25) is 0 Å². The Kier molecular flexibility index (Phi) is 3.52. The molecule has 1 N–H and O–H groups in total. The van der Waals surface area contributed by atoms with Crippen molar-refractivity contribution in [3.05, 3.63) is 35.9 Å². The highest BCUT2D eigenvalue weighted by molar-refractivity contribution is 5.87. The first-order valence-corrected chi connectivity index (χ1v) is 5.24. The van der Waals surface area contributed by atoms with Crippen molar-refractivity contribution >= 4 is 11.8 Å². The molecule has 0 saturated carbocycles. The van der Waals surface area contributed by atoms with E-state index < -0.39 is 5.97 Å². The lowest BCUT2D eigenvalue weighted by atomic mass is 10.4. The van der Waals surface area contributed by atoms with Gasteiger partial charge in [0.25, 0.3) is 0 Å². The minimum Gasteiger partial charge on any atom is -0.464 e. The summed E-state index contributed by atoms with van der Waals surface area (Å²) in [6.45, 7) is 2.18. The predicted octanol–water partition coefficient (Wildman–Crippen LogP) is 1.17. The van der Waals surface area contributed by atoms with E-state index in [4.69, 9.17) is 4.42 Å². The Morgan fingerprint density at radius 3 is 2.94 bits per heavy atom. The van der Waals surface area contributed by atoms with Crippen LogP contribution in [0.4, 0.5) is 5.82 Å². The van der Waals surface area contributed by atoms with E-state index in [1.807, 2.05) is 6.92 Å². The summed E-state index contributed by atoms with van der Waals surface area (Å²) in [6, 6.07) is 0. The van der Waals surface area contributed by atoms with E-state index in [2.05, 4.69) is 25.0 Å². The number of rotatable bonds is 4. The molecule has 0 aliphatic carbocycles. The highest BCUT2D eigenvalue weighted by Crippen LogP contribution is 2.07. The Labute approximate surface area is 103 Å². The average Bonchev–Trinajstić information content (AvgIpc) is 2.81.